The van der Waals surface area contributed by atoms with Gasteiger partial charge in [0.25, 0.3) is 5.91 Å². The highest BCUT2D eigenvalue weighted by atomic mass is 32.2. The van der Waals surface area contributed by atoms with Gasteiger partial charge in [-0.2, -0.15) is 16.9 Å². The molecule has 0 spiro atoms. The Hall–Kier alpha value is -1.79. The van der Waals surface area contributed by atoms with E-state index in [2.05, 4.69) is 10.4 Å². The Kier molecular flexibility index (Phi) is 5.35. The first-order chi connectivity index (χ1) is 11.3. The Balaban J connectivity index is 1.71. The number of benzene rings is 1. The van der Waals surface area contributed by atoms with Gasteiger partial charge >= 0.3 is 0 Å². The van der Waals surface area contributed by atoms with Crippen molar-refractivity contribution < 1.29 is 9.90 Å². The van der Waals surface area contributed by atoms with Gasteiger partial charge in [0.05, 0.1) is 18.3 Å². The lowest BCUT2D eigenvalue weighted by molar-refractivity contribution is 0.0884. The minimum atomic E-state index is -0.170. The molecule has 0 radical (unpaired) electrons. The van der Waals surface area contributed by atoms with E-state index in [-0.39, 0.29) is 18.6 Å². The molecule has 23 heavy (non-hydrogen) atoms. The summed E-state index contributed by atoms with van der Waals surface area (Å²) in [6.07, 6.45) is 5.63. The van der Waals surface area contributed by atoms with Crippen LogP contribution in [0.2, 0.25) is 0 Å². The highest BCUT2D eigenvalue weighted by Gasteiger charge is 2.25. The minimum Gasteiger partial charge on any atom is -0.394 e. The number of aliphatic hydroxyl groups is 1. The van der Waals surface area contributed by atoms with Crippen molar-refractivity contribution in [2.45, 2.75) is 18.9 Å². The number of carbonyl (C=O) groups excluding carboxylic acids is 1. The molecule has 2 aromatic rings. The van der Waals surface area contributed by atoms with Gasteiger partial charge in [0, 0.05) is 18.0 Å². The summed E-state index contributed by atoms with van der Waals surface area (Å²) in [6.45, 7) is -0.0140. The Labute approximate surface area is 140 Å². The summed E-state index contributed by atoms with van der Waals surface area (Å²) in [5, 5.41) is 16.8. The molecule has 2 heterocycles. The van der Waals surface area contributed by atoms with E-state index >= 15 is 0 Å². The van der Waals surface area contributed by atoms with Crippen molar-refractivity contribution in [2.75, 3.05) is 18.1 Å². The third-order valence-electron chi connectivity index (χ3n) is 4.23. The highest BCUT2D eigenvalue weighted by Crippen LogP contribution is 2.25. The molecule has 0 saturated carbocycles. The van der Waals surface area contributed by atoms with Gasteiger partial charge in [0.2, 0.25) is 0 Å². The lowest BCUT2D eigenvalue weighted by Crippen LogP contribution is -2.44. The first kappa shape index (κ1) is 16.1. The van der Waals surface area contributed by atoms with E-state index in [4.69, 9.17) is 0 Å². The van der Waals surface area contributed by atoms with Gasteiger partial charge in [0.15, 0.2) is 0 Å². The maximum absolute atomic E-state index is 12.5. The molecule has 1 aliphatic rings. The van der Waals surface area contributed by atoms with Crippen molar-refractivity contribution in [3.05, 3.63) is 48.3 Å². The fraction of sp³-hybridized carbons (Fsp3) is 0.412. The molecule has 1 amide bonds. The molecule has 1 aliphatic heterocycles. The zero-order chi connectivity index (χ0) is 16.1. The third-order valence-corrected chi connectivity index (χ3v) is 5.27. The molecule has 6 heteroatoms. The lowest BCUT2D eigenvalue weighted by atomic mass is 9.94. The average molecular weight is 331 g/mol. The fourth-order valence-corrected chi connectivity index (χ4v) is 4.04. The molecule has 1 fully saturated rings. The third kappa shape index (κ3) is 3.95. The number of rotatable bonds is 5. The molecule has 1 atom stereocenters. The van der Waals surface area contributed by atoms with Crippen molar-refractivity contribution >= 4 is 17.7 Å². The smallest absolute Gasteiger partial charge is 0.251 e. The predicted molar refractivity (Wildman–Crippen MR) is 92.0 cm³/mol. The Bertz CT molecular complexity index is 639. The first-order valence-corrected chi connectivity index (χ1v) is 9.03. The van der Waals surface area contributed by atoms with E-state index in [1.807, 2.05) is 42.2 Å². The van der Waals surface area contributed by atoms with Crippen molar-refractivity contribution in [1.82, 2.24) is 15.1 Å². The van der Waals surface area contributed by atoms with Crippen molar-refractivity contribution in [3.63, 3.8) is 0 Å². The van der Waals surface area contributed by atoms with Crippen LogP contribution in [0.5, 0.6) is 0 Å². The molecular weight excluding hydrogens is 310 g/mol. The van der Waals surface area contributed by atoms with Crippen LogP contribution >= 0.6 is 11.8 Å². The van der Waals surface area contributed by atoms with Crippen LogP contribution in [-0.4, -0.2) is 44.9 Å². The molecule has 0 unspecified atom stereocenters. The van der Waals surface area contributed by atoms with E-state index in [1.54, 1.807) is 16.9 Å². The number of aliphatic hydroxyl groups excluding tert-OH is 1. The maximum atomic E-state index is 12.5. The normalized spacial score (nSPS) is 16.9. The van der Waals surface area contributed by atoms with Crippen molar-refractivity contribution in [1.29, 1.82) is 0 Å². The van der Waals surface area contributed by atoms with Gasteiger partial charge in [0.1, 0.15) is 0 Å². The average Bonchev–Trinajstić information content (AvgIpc) is 3.15. The predicted octanol–water partition coefficient (Wildman–Crippen LogP) is 2.11. The van der Waals surface area contributed by atoms with Crippen LogP contribution in [0.1, 0.15) is 23.2 Å². The van der Waals surface area contributed by atoms with Crippen molar-refractivity contribution in [2.24, 2.45) is 5.92 Å². The summed E-state index contributed by atoms with van der Waals surface area (Å²) in [6, 6.07) is 9.02. The maximum Gasteiger partial charge on any atom is 0.251 e. The molecule has 1 aromatic heterocycles. The molecule has 0 bridgehead atoms. The molecule has 2 N–H and O–H groups in total. The van der Waals surface area contributed by atoms with Gasteiger partial charge < -0.3 is 10.4 Å². The number of amides is 1. The molecule has 3 rings (SSSR count). The van der Waals surface area contributed by atoms with Crippen LogP contribution in [-0.2, 0) is 0 Å². The van der Waals surface area contributed by atoms with Gasteiger partial charge in [-0.3, -0.25) is 4.79 Å². The van der Waals surface area contributed by atoms with E-state index in [1.165, 1.54) is 0 Å². The number of thioether (sulfide) groups is 1. The minimum absolute atomic E-state index is 0.0140. The van der Waals surface area contributed by atoms with Gasteiger partial charge in [-0.25, -0.2) is 4.68 Å². The Morgan fingerprint density at radius 3 is 2.91 bits per heavy atom. The Morgan fingerprint density at radius 2 is 2.22 bits per heavy atom. The molecule has 5 nitrogen and oxygen atoms in total. The van der Waals surface area contributed by atoms with E-state index in [0.717, 1.165) is 30.0 Å². The second kappa shape index (κ2) is 7.66. The standard InChI is InChI=1S/C17H21N3O2S/c21-12-16(13-5-9-23-10-6-13)19-17(22)14-3-1-4-15(11-14)20-8-2-7-18-20/h1-4,7-8,11,13,16,21H,5-6,9-10,12H2,(H,19,22)/t16-/m0/s1. The Morgan fingerprint density at radius 1 is 1.39 bits per heavy atom. The summed E-state index contributed by atoms with van der Waals surface area (Å²) in [5.41, 5.74) is 1.43. The van der Waals surface area contributed by atoms with Gasteiger partial charge in [-0.1, -0.05) is 6.07 Å². The van der Waals surface area contributed by atoms with Gasteiger partial charge in [-0.05, 0) is 54.5 Å². The summed E-state index contributed by atoms with van der Waals surface area (Å²) in [4.78, 5) is 12.5. The summed E-state index contributed by atoms with van der Waals surface area (Å²) < 4.78 is 1.72. The van der Waals surface area contributed by atoms with Crippen molar-refractivity contribution in [3.8, 4) is 5.69 Å². The molecule has 122 valence electrons. The van der Waals surface area contributed by atoms with Gasteiger partial charge in [-0.15, -0.1) is 0 Å². The lowest BCUT2D eigenvalue weighted by Gasteiger charge is -2.29. The van der Waals surface area contributed by atoms with Crippen LogP contribution in [0.25, 0.3) is 5.69 Å². The largest absolute Gasteiger partial charge is 0.394 e. The summed E-state index contributed by atoms with van der Waals surface area (Å²) in [5.74, 6) is 2.42. The number of nitrogens with one attached hydrogen (secondary N) is 1. The summed E-state index contributed by atoms with van der Waals surface area (Å²) in [7, 11) is 0. The number of nitrogens with zero attached hydrogens (tertiary/aromatic N) is 2. The summed E-state index contributed by atoms with van der Waals surface area (Å²) >= 11 is 1.94. The molecule has 1 saturated heterocycles. The number of carbonyl (C=O) groups is 1. The first-order valence-electron chi connectivity index (χ1n) is 7.87. The zero-order valence-corrected chi connectivity index (χ0v) is 13.7. The molecule has 0 aliphatic carbocycles. The van der Waals surface area contributed by atoms with E-state index < -0.39 is 0 Å². The molecular formula is C17H21N3O2S. The quantitative estimate of drug-likeness (QED) is 0.880. The topological polar surface area (TPSA) is 67.2 Å². The van der Waals surface area contributed by atoms with E-state index in [9.17, 15) is 9.90 Å². The second-order valence-electron chi connectivity index (χ2n) is 5.71. The van der Waals surface area contributed by atoms with Crippen LogP contribution in [0.4, 0.5) is 0 Å². The van der Waals surface area contributed by atoms with Crippen LogP contribution < -0.4 is 5.32 Å². The number of hydrogen-bond acceptors (Lipinski definition) is 4. The fourth-order valence-electron chi connectivity index (χ4n) is 2.89. The van der Waals surface area contributed by atoms with E-state index in [0.29, 0.717) is 11.5 Å². The number of aromatic nitrogens is 2. The highest BCUT2D eigenvalue weighted by molar-refractivity contribution is 7.99. The zero-order valence-electron chi connectivity index (χ0n) is 12.9. The second-order valence-corrected chi connectivity index (χ2v) is 6.94. The monoisotopic (exact) mass is 331 g/mol. The number of hydrogen-bond donors (Lipinski definition) is 2. The van der Waals surface area contributed by atoms with Crippen LogP contribution in [0.3, 0.4) is 0 Å². The molecule has 1 aromatic carbocycles. The SMILES string of the molecule is O=C(N[C@@H](CO)C1CCSCC1)c1cccc(-n2cccn2)c1. The van der Waals surface area contributed by atoms with Crippen LogP contribution in [0, 0.1) is 5.92 Å². The van der Waals surface area contributed by atoms with Crippen LogP contribution in [0.15, 0.2) is 42.7 Å².